The molecule has 5 heteroatoms. The Morgan fingerprint density at radius 2 is 2.19 bits per heavy atom. The topological polar surface area (TPSA) is 61.4 Å². The van der Waals surface area contributed by atoms with Crippen LogP contribution in [0.3, 0.4) is 0 Å². The van der Waals surface area contributed by atoms with E-state index in [1.54, 1.807) is 6.08 Å². The smallest absolute Gasteiger partial charge is 0.246 e. The Kier molecular flexibility index (Phi) is 2.74. The Labute approximate surface area is 123 Å². The first-order chi connectivity index (χ1) is 10.2. The Bertz CT molecular complexity index is 661. The van der Waals surface area contributed by atoms with Crippen molar-refractivity contribution in [1.82, 2.24) is 5.32 Å². The van der Waals surface area contributed by atoms with E-state index in [1.807, 2.05) is 17.0 Å². The van der Waals surface area contributed by atoms with Gasteiger partial charge in [-0.25, -0.2) is 0 Å². The van der Waals surface area contributed by atoms with E-state index < -0.39 is 0 Å². The highest BCUT2D eigenvalue weighted by molar-refractivity contribution is 5.98. The highest BCUT2D eigenvalue weighted by Gasteiger charge is 2.36. The maximum Gasteiger partial charge on any atom is 0.246 e. The van der Waals surface area contributed by atoms with Gasteiger partial charge in [-0.15, -0.1) is 0 Å². The van der Waals surface area contributed by atoms with Crippen LogP contribution < -0.4 is 15.5 Å². The maximum atomic E-state index is 12.2. The number of anilines is 2. The minimum atomic E-state index is -0.0557. The van der Waals surface area contributed by atoms with Crippen LogP contribution in [0.4, 0.5) is 11.4 Å². The van der Waals surface area contributed by atoms with Crippen molar-refractivity contribution in [3.05, 3.63) is 35.5 Å². The first-order valence-electron chi connectivity index (χ1n) is 7.40. The van der Waals surface area contributed by atoms with Crippen molar-refractivity contribution in [2.24, 2.45) is 5.92 Å². The van der Waals surface area contributed by atoms with Crippen LogP contribution in [0.25, 0.3) is 0 Å². The van der Waals surface area contributed by atoms with Crippen molar-refractivity contribution in [1.29, 1.82) is 0 Å². The Balaban J connectivity index is 1.54. The second-order valence-electron chi connectivity index (χ2n) is 5.87. The number of nitrogens with zero attached hydrogens (tertiary/aromatic N) is 1. The molecule has 2 aliphatic heterocycles. The molecule has 1 aromatic rings. The molecule has 0 saturated heterocycles. The molecule has 0 radical (unpaired) electrons. The molecule has 3 aliphatic rings. The summed E-state index contributed by atoms with van der Waals surface area (Å²) in [5.74, 6) is 0.483. The maximum absolute atomic E-state index is 12.2. The lowest BCUT2D eigenvalue weighted by Crippen LogP contribution is -2.30. The highest BCUT2D eigenvalue weighted by atomic mass is 16.2. The van der Waals surface area contributed by atoms with Crippen molar-refractivity contribution in [3.8, 4) is 0 Å². The van der Waals surface area contributed by atoms with Crippen LogP contribution in [-0.2, 0) is 16.0 Å². The number of fused-ring (bicyclic) bond motifs is 1. The van der Waals surface area contributed by atoms with Crippen LogP contribution in [0.15, 0.2) is 30.0 Å². The molecule has 2 amide bonds. The molecule has 0 aromatic heterocycles. The van der Waals surface area contributed by atoms with Crippen LogP contribution >= 0.6 is 0 Å². The number of carbonyl (C=O) groups is 2. The minimum absolute atomic E-state index is 0.0557. The van der Waals surface area contributed by atoms with E-state index in [0.29, 0.717) is 6.54 Å². The van der Waals surface area contributed by atoms with Gasteiger partial charge in [0.05, 0.1) is 6.54 Å². The minimum Gasteiger partial charge on any atom is -0.357 e. The molecule has 1 aromatic carbocycles. The summed E-state index contributed by atoms with van der Waals surface area (Å²) in [6.45, 7) is 1.33. The summed E-state index contributed by atoms with van der Waals surface area (Å²) >= 11 is 0. The van der Waals surface area contributed by atoms with E-state index in [0.717, 1.165) is 42.9 Å². The van der Waals surface area contributed by atoms with Crippen LogP contribution in [-0.4, -0.2) is 24.9 Å². The second kappa shape index (κ2) is 4.62. The lowest BCUT2D eigenvalue weighted by molar-refractivity contribution is -0.119. The van der Waals surface area contributed by atoms with E-state index >= 15 is 0 Å². The van der Waals surface area contributed by atoms with Crippen molar-refractivity contribution in [3.63, 3.8) is 0 Å². The fourth-order valence-corrected chi connectivity index (χ4v) is 2.97. The van der Waals surface area contributed by atoms with Gasteiger partial charge in [-0.05, 0) is 43.0 Å². The number of rotatable bonds is 3. The Hall–Kier alpha value is -2.30. The summed E-state index contributed by atoms with van der Waals surface area (Å²) in [6, 6.07) is 6.07. The molecular weight excluding hydrogens is 266 g/mol. The van der Waals surface area contributed by atoms with Crippen LogP contribution in [0, 0.1) is 5.92 Å². The van der Waals surface area contributed by atoms with Gasteiger partial charge >= 0.3 is 0 Å². The van der Waals surface area contributed by atoms with E-state index in [2.05, 4.69) is 16.7 Å². The average molecular weight is 283 g/mol. The van der Waals surface area contributed by atoms with Gasteiger partial charge < -0.3 is 15.5 Å². The second-order valence-corrected chi connectivity index (χ2v) is 5.87. The van der Waals surface area contributed by atoms with E-state index in [-0.39, 0.29) is 17.7 Å². The number of carbonyl (C=O) groups excluding carboxylic acids is 2. The fourth-order valence-electron chi connectivity index (χ4n) is 2.97. The van der Waals surface area contributed by atoms with Gasteiger partial charge in [0.25, 0.3) is 0 Å². The molecule has 0 atom stereocenters. The highest BCUT2D eigenvalue weighted by Crippen LogP contribution is 2.37. The summed E-state index contributed by atoms with van der Waals surface area (Å²) in [6.07, 6.45) is 4.56. The molecule has 0 bridgehead atoms. The predicted molar refractivity (Wildman–Crippen MR) is 79.9 cm³/mol. The predicted octanol–water partition coefficient (Wildman–Crippen LogP) is 1.41. The van der Waals surface area contributed by atoms with Crippen molar-refractivity contribution in [2.45, 2.75) is 19.3 Å². The van der Waals surface area contributed by atoms with E-state index in [1.165, 1.54) is 5.56 Å². The summed E-state index contributed by atoms with van der Waals surface area (Å²) in [4.78, 5) is 25.3. The quantitative estimate of drug-likeness (QED) is 0.881. The van der Waals surface area contributed by atoms with Crippen molar-refractivity contribution < 1.29 is 9.59 Å². The normalized spacial score (nSPS) is 20.1. The molecule has 1 fully saturated rings. The number of benzene rings is 1. The molecule has 2 N–H and O–H groups in total. The monoisotopic (exact) mass is 283 g/mol. The molecule has 4 rings (SSSR count). The van der Waals surface area contributed by atoms with Crippen LogP contribution in [0.2, 0.25) is 0 Å². The standard InChI is InChI=1S/C16H17N3O2/c20-15-8-13(9-17-15)18-12-3-4-14-11(7-12)5-6-19(14)16(21)10-1-2-10/h3-4,7-8,10,18H,1-2,5-6,9H2,(H,17,20). The number of amides is 2. The fraction of sp³-hybridized carbons (Fsp3) is 0.375. The lowest BCUT2D eigenvalue weighted by Gasteiger charge is -2.17. The Morgan fingerprint density at radius 1 is 1.33 bits per heavy atom. The number of hydrogen-bond acceptors (Lipinski definition) is 3. The molecule has 108 valence electrons. The lowest BCUT2D eigenvalue weighted by atomic mass is 10.1. The SMILES string of the molecule is O=C1C=C(Nc2ccc3c(c2)CCN3C(=O)C2CC2)CN1. The van der Waals surface area contributed by atoms with Gasteiger partial charge in [0.1, 0.15) is 0 Å². The van der Waals surface area contributed by atoms with Crippen LogP contribution in [0.1, 0.15) is 18.4 Å². The summed E-state index contributed by atoms with van der Waals surface area (Å²) in [5, 5.41) is 5.99. The van der Waals surface area contributed by atoms with Gasteiger partial charge in [0.15, 0.2) is 0 Å². The van der Waals surface area contributed by atoms with Gasteiger partial charge in [-0.1, -0.05) is 0 Å². The zero-order valence-electron chi connectivity index (χ0n) is 11.7. The molecule has 5 nitrogen and oxygen atoms in total. The molecule has 1 saturated carbocycles. The zero-order chi connectivity index (χ0) is 14.4. The third kappa shape index (κ3) is 2.28. The molecule has 2 heterocycles. The largest absolute Gasteiger partial charge is 0.357 e. The molecule has 1 aliphatic carbocycles. The summed E-state index contributed by atoms with van der Waals surface area (Å²) in [5.41, 5.74) is 4.10. The van der Waals surface area contributed by atoms with Gasteiger partial charge in [0, 0.05) is 35.6 Å². The summed E-state index contributed by atoms with van der Waals surface area (Å²) in [7, 11) is 0. The van der Waals surface area contributed by atoms with E-state index in [4.69, 9.17) is 0 Å². The van der Waals surface area contributed by atoms with Gasteiger partial charge in [0.2, 0.25) is 11.8 Å². The average Bonchev–Trinajstić information content (AvgIpc) is 3.13. The summed E-state index contributed by atoms with van der Waals surface area (Å²) < 4.78 is 0. The molecule has 0 unspecified atom stereocenters. The number of nitrogens with one attached hydrogen (secondary N) is 2. The van der Waals surface area contributed by atoms with E-state index in [9.17, 15) is 9.59 Å². The molecule has 0 spiro atoms. The third-order valence-electron chi connectivity index (χ3n) is 4.23. The molecular formula is C16H17N3O2. The number of hydrogen-bond donors (Lipinski definition) is 2. The van der Waals surface area contributed by atoms with Crippen molar-refractivity contribution >= 4 is 23.2 Å². The third-order valence-corrected chi connectivity index (χ3v) is 4.23. The van der Waals surface area contributed by atoms with Crippen molar-refractivity contribution in [2.75, 3.05) is 23.3 Å². The first-order valence-corrected chi connectivity index (χ1v) is 7.40. The molecule has 21 heavy (non-hydrogen) atoms. The Morgan fingerprint density at radius 3 is 2.90 bits per heavy atom. The first kappa shape index (κ1) is 12.4. The zero-order valence-corrected chi connectivity index (χ0v) is 11.7. The van der Waals surface area contributed by atoms with Gasteiger partial charge in [-0.3, -0.25) is 9.59 Å². The van der Waals surface area contributed by atoms with Gasteiger partial charge in [-0.2, -0.15) is 0 Å². The van der Waals surface area contributed by atoms with Crippen LogP contribution in [0.5, 0.6) is 0 Å².